The van der Waals surface area contributed by atoms with Gasteiger partial charge >= 0.3 is 0 Å². The Balaban J connectivity index is 2.48. The summed E-state index contributed by atoms with van der Waals surface area (Å²) in [7, 11) is -0.969. The summed E-state index contributed by atoms with van der Waals surface area (Å²) in [5.41, 5.74) is 0.237. The highest BCUT2D eigenvalue weighted by Gasteiger charge is 2.36. The van der Waals surface area contributed by atoms with E-state index in [-0.39, 0.29) is 22.2 Å². The molecule has 0 saturated carbocycles. The van der Waals surface area contributed by atoms with Gasteiger partial charge in [-0.2, -0.15) is 0 Å². The van der Waals surface area contributed by atoms with Gasteiger partial charge in [0.1, 0.15) is 5.70 Å². The number of carbonyl (C=O) groups is 1. The van der Waals surface area contributed by atoms with Crippen molar-refractivity contribution in [2.45, 2.75) is 4.90 Å². The molecule has 0 atom stereocenters. The van der Waals surface area contributed by atoms with E-state index in [1.807, 2.05) is 0 Å². The summed E-state index contributed by atoms with van der Waals surface area (Å²) >= 11 is 6.22. The van der Waals surface area contributed by atoms with Crippen LogP contribution in [0.1, 0.15) is 5.56 Å². The summed E-state index contributed by atoms with van der Waals surface area (Å²) < 4.78 is 30.6. The quantitative estimate of drug-likeness (QED) is 0.835. The lowest BCUT2D eigenvalue weighted by Crippen LogP contribution is -2.40. The van der Waals surface area contributed by atoms with Crippen LogP contribution in [0, 0.1) is 0 Å². The van der Waals surface area contributed by atoms with Crippen molar-refractivity contribution in [3.63, 3.8) is 0 Å². The van der Waals surface area contributed by atoms with Crippen LogP contribution in [0.25, 0.3) is 5.03 Å². The van der Waals surface area contributed by atoms with E-state index in [0.717, 1.165) is 4.31 Å². The first-order chi connectivity index (χ1) is 9.91. The highest BCUT2D eigenvalue weighted by Crippen LogP contribution is 2.37. The molecule has 0 saturated heterocycles. The van der Waals surface area contributed by atoms with Crippen LogP contribution < -0.4 is 5.32 Å². The molecule has 0 spiro atoms. The predicted octanol–water partition coefficient (Wildman–Crippen LogP) is 0.991. The van der Waals surface area contributed by atoms with Crippen molar-refractivity contribution < 1.29 is 17.9 Å². The van der Waals surface area contributed by atoms with E-state index in [1.54, 1.807) is 18.2 Å². The van der Waals surface area contributed by atoms with Crippen LogP contribution in [0.5, 0.6) is 0 Å². The van der Waals surface area contributed by atoms with Crippen molar-refractivity contribution in [1.29, 1.82) is 0 Å². The maximum Gasteiger partial charge on any atom is 0.270 e. The minimum absolute atomic E-state index is 0.0888. The molecule has 0 aliphatic carbocycles. The molecule has 0 unspecified atom stereocenters. The zero-order valence-electron chi connectivity index (χ0n) is 11.6. The van der Waals surface area contributed by atoms with E-state index in [2.05, 4.69) is 5.32 Å². The van der Waals surface area contributed by atoms with Crippen molar-refractivity contribution in [2.75, 3.05) is 27.3 Å². The molecule has 21 heavy (non-hydrogen) atoms. The van der Waals surface area contributed by atoms with Gasteiger partial charge in [0.2, 0.25) is 0 Å². The molecular formula is C13H15ClN2O4S. The predicted molar refractivity (Wildman–Crippen MR) is 79.0 cm³/mol. The Labute approximate surface area is 128 Å². The Bertz CT molecular complexity index is 700. The molecule has 1 aromatic rings. The number of fused-ring (bicyclic) bond motifs is 1. The number of likely N-dealkylation sites (N-methyl/N-ethyl adjacent to an activating group) is 1. The number of amides is 1. The lowest BCUT2D eigenvalue weighted by molar-refractivity contribution is -0.118. The Kier molecular flexibility index (Phi) is 4.55. The van der Waals surface area contributed by atoms with Crippen LogP contribution in [0.15, 0.2) is 34.9 Å². The largest absolute Gasteiger partial charge is 0.383 e. The minimum atomic E-state index is -3.78. The fourth-order valence-electron chi connectivity index (χ4n) is 2.00. The molecule has 1 aliphatic rings. The fourth-order valence-corrected chi connectivity index (χ4v) is 3.89. The summed E-state index contributed by atoms with van der Waals surface area (Å²) in [6.45, 7) is 0.586. The first-order valence-corrected chi connectivity index (χ1v) is 7.98. The highest BCUT2D eigenvalue weighted by atomic mass is 35.5. The molecule has 0 radical (unpaired) electrons. The number of carbonyl (C=O) groups excluding carboxylic acids is 1. The lowest BCUT2D eigenvalue weighted by atomic mass is 10.1. The molecule has 8 heteroatoms. The van der Waals surface area contributed by atoms with E-state index < -0.39 is 15.9 Å². The molecule has 1 N–H and O–H groups in total. The van der Waals surface area contributed by atoms with E-state index in [9.17, 15) is 13.2 Å². The molecule has 0 bridgehead atoms. The number of hydrogen-bond acceptors (Lipinski definition) is 4. The van der Waals surface area contributed by atoms with Crippen LogP contribution in [-0.2, 0) is 19.6 Å². The fraction of sp³-hybridized carbons (Fsp3) is 0.308. The summed E-state index contributed by atoms with van der Waals surface area (Å²) in [6, 6.07) is 6.31. The Morgan fingerprint density at radius 1 is 1.38 bits per heavy atom. The van der Waals surface area contributed by atoms with Crippen LogP contribution >= 0.6 is 11.6 Å². The van der Waals surface area contributed by atoms with Crippen molar-refractivity contribution in [3.05, 3.63) is 35.5 Å². The lowest BCUT2D eigenvalue weighted by Gasteiger charge is -2.28. The number of ether oxygens (including phenoxy) is 1. The average Bonchev–Trinajstić information content (AvgIpc) is 2.46. The molecule has 114 valence electrons. The van der Waals surface area contributed by atoms with Gasteiger partial charge in [-0.05, 0) is 6.07 Å². The molecule has 2 rings (SSSR count). The molecule has 1 aromatic carbocycles. The van der Waals surface area contributed by atoms with Crippen LogP contribution in [0.2, 0.25) is 0 Å². The number of sulfonamides is 1. The second-order valence-corrected chi connectivity index (χ2v) is 6.70. The molecule has 0 fully saturated rings. The normalized spacial score (nSPS) is 16.6. The van der Waals surface area contributed by atoms with Crippen molar-refractivity contribution in [3.8, 4) is 0 Å². The second kappa shape index (κ2) is 6.05. The Morgan fingerprint density at radius 3 is 2.71 bits per heavy atom. The summed E-state index contributed by atoms with van der Waals surface area (Å²) in [5.74, 6) is -0.558. The maximum absolute atomic E-state index is 12.4. The third kappa shape index (κ3) is 2.76. The van der Waals surface area contributed by atoms with Gasteiger partial charge in [0.25, 0.3) is 15.9 Å². The highest BCUT2D eigenvalue weighted by molar-refractivity contribution is 7.89. The second-order valence-electron chi connectivity index (χ2n) is 4.38. The number of hydrogen-bond donors (Lipinski definition) is 1. The summed E-state index contributed by atoms with van der Waals surface area (Å²) in [6.07, 6.45) is 0. The van der Waals surface area contributed by atoms with E-state index in [4.69, 9.17) is 16.3 Å². The Morgan fingerprint density at radius 2 is 2.05 bits per heavy atom. The monoisotopic (exact) mass is 330 g/mol. The average molecular weight is 331 g/mol. The van der Waals surface area contributed by atoms with E-state index in [1.165, 1.54) is 20.2 Å². The van der Waals surface area contributed by atoms with Gasteiger partial charge in [-0.25, -0.2) is 8.42 Å². The molecule has 1 aliphatic heterocycles. The zero-order chi connectivity index (χ0) is 15.6. The molecular weight excluding hydrogens is 316 g/mol. The van der Waals surface area contributed by atoms with Gasteiger partial charge in [0, 0.05) is 26.3 Å². The van der Waals surface area contributed by atoms with Gasteiger partial charge in [-0.3, -0.25) is 9.10 Å². The smallest absolute Gasteiger partial charge is 0.270 e. The standard InChI is InChI=1S/C13H15ClN2O4S/c1-16-12(13(17)15-7-8-20-2)11(14)9-5-3-4-6-10(9)21(16,18)19/h3-6H,7-8H2,1-2H3,(H,15,17). The first-order valence-electron chi connectivity index (χ1n) is 6.16. The number of nitrogens with zero attached hydrogens (tertiary/aromatic N) is 1. The van der Waals surface area contributed by atoms with Gasteiger partial charge in [0.05, 0.1) is 16.5 Å². The van der Waals surface area contributed by atoms with E-state index >= 15 is 0 Å². The molecule has 1 amide bonds. The zero-order valence-corrected chi connectivity index (χ0v) is 13.2. The number of halogens is 1. The molecule has 1 heterocycles. The number of rotatable bonds is 4. The van der Waals surface area contributed by atoms with Crippen LogP contribution in [0.4, 0.5) is 0 Å². The third-order valence-corrected chi connectivity index (χ3v) is 5.29. The van der Waals surface area contributed by atoms with Gasteiger partial charge < -0.3 is 10.1 Å². The minimum Gasteiger partial charge on any atom is -0.383 e. The third-order valence-electron chi connectivity index (χ3n) is 3.09. The first kappa shape index (κ1) is 15.8. The topological polar surface area (TPSA) is 75.7 Å². The Hall–Kier alpha value is -1.57. The van der Waals surface area contributed by atoms with Gasteiger partial charge in [0.15, 0.2) is 0 Å². The maximum atomic E-state index is 12.4. The summed E-state index contributed by atoms with van der Waals surface area (Å²) in [4.78, 5) is 12.3. The van der Waals surface area contributed by atoms with Gasteiger partial charge in [-0.1, -0.05) is 29.8 Å². The summed E-state index contributed by atoms with van der Waals surface area (Å²) in [5, 5.41) is 2.68. The van der Waals surface area contributed by atoms with Crippen molar-refractivity contribution in [2.24, 2.45) is 0 Å². The van der Waals surface area contributed by atoms with Crippen LogP contribution in [0.3, 0.4) is 0 Å². The van der Waals surface area contributed by atoms with Crippen molar-refractivity contribution >= 4 is 32.6 Å². The number of benzene rings is 1. The van der Waals surface area contributed by atoms with Crippen molar-refractivity contribution in [1.82, 2.24) is 9.62 Å². The molecule has 6 nitrogen and oxygen atoms in total. The number of methoxy groups -OCH3 is 1. The van der Waals surface area contributed by atoms with Gasteiger partial charge in [-0.15, -0.1) is 0 Å². The number of nitrogens with one attached hydrogen (secondary N) is 1. The van der Waals surface area contributed by atoms with Crippen LogP contribution in [-0.4, -0.2) is 45.9 Å². The molecule has 0 aromatic heterocycles. The SMILES string of the molecule is COCCNC(=O)C1=C(Cl)c2ccccc2S(=O)(=O)N1C. The van der Waals surface area contributed by atoms with E-state index in [0.29, 0.717) is 12.2 Å².